The van der Waals surface area contributed by atoms with E-state index in [1.165, 1.54) is 7.11 Å². The van der Waals surface area contributed by atoms with Gasteiger partial charge in [-0.25, -0.2) is 0 Å². The predicted octanol–water partition coefficient (Wildman–Crippen LogP) is 1.29. The van der Waals surface area contributed by atoms with Crippen molar-refractivity contribution < 1.29 is 14.3 Å². The molecule has 1 aliphatic carbocycles. The minimum Gasteiger partial charge on any atom is -0.468 e. The van der Waals surface area contributed by atoms with Crippen LogP contribution >= 0.6 is 0 Å². The molecule has 1 saturated carbocycles. The van der Waals surface area contributed by atoms with Crippen molar-refractivity contribution in [3.63, 3.8) is 0 Å². The largest absolute Gasteiger partial charge is 0.468 e. The summed E-state index contributed by atoms with van der Waals surface area (Å²) >= 11 is 0. The summed E-state index contributed by atoms with van der Waals surface area (Å²) in [5.74, 6) is -0.533. The first-order valence-corrected chi connectivity index (χ1v) is 6.91. The summed E-state index contributed by atoms with van der Waals surface area (Å²) in [5.41, 5.74) is 1.30. The van der Waals surface area contributed by atoms with Gasteiger partial charge >= 0.3 is 5.97 Å². The maximum absolute atomic E-state index is 12.7. The number of esters is 1. The van der Waals surface area contributed by atoms with Gasteiger partial charge in [0.15, 0.2) is 0 Å². The maximum Gasteiger partial charge on any atom is 0.325 e. The number of hydrogen-bond donors (Lipinski definition) is 0. The summed E-state index contributed by atoms with van der Waals surface area (Å²) in [7, 11) is 3.08. The third-order valence-electron chi connectivity index (χ3n) is 3.77. The molecular formula is C14H21N3O3. The van der Waals surface area contributed by atoms with E-state index in [4.69, 9.17) is 4.74 Å². The SMILES string of the molecule is COC(=O)CN(C(=O)c1cc(C)nn1C)C1CCCC1. The lowest BCUT2D eigenvalue weighted by molar-refractivity contribution is -0.141. The van der Waals surface area contributed by atoms with Crippen molar-refractivity contribution in [2.75, 3.05) is 13.7 Å². The molecule has 0 radical (unpaired) electrons. The topological polar surface area (TPSA) is 64.4 Å². The van der Waals surface area contributed by atoms with Crippen LogP contribution in [0, 0.1) is 6.92 Å². The lowest BCUT2D eigenvalue weighted by atomic mass is 10.2. The summed E-state index contributed by atoms with van der Waals surface area (Å²) in [4.78, 5) is 25.9. The summed E-state index contributed by atoms with van der Waals surface area (Å²) in [6.45, 7) is 1.85. The molecule has 1 amide bonds. The van der Waals surface area contributed by atoms with Crippen molar-refractivity contribution in [2.45, 2.75) is 38.6 Å². The molecule has 6 nitrogen and oxygen atoms in total. The fourth-order valence-electron chi connectivity index (χ4n) is 2.74. The van der Waals surface area contributed by atoms with Crippen LogP contribution in [-0.2, 0) is 16.6 Å². The number of aryl methyl sites for hydroxylation is 2. The molecule has 1 fully saturated rings. The standard InChI is InChI=1S/C14H21N3O3/c1-10-8-12(16(2)15-10)14(19)17(9-13(18)20-3)11-6-4-5-7-11/h8,11H,4-7,9H2,1-3H3. The highest BCUT2D eigenvalue weighted by Gasteiger charge is 2.30. The third kappa shape index (κ3) is 3.00. The molecule has 1 aliphatic rings. The van der Waals surface area contributed by atoms with Crippen LogP contribution in [0.15, 0.2) is 6.07 Å². The van der Waals surface area contributed by atoms with Crippen molar-refractivity contribution in [1.82, 2.24) is 14.7 Å². The van der Waals surface area contributed by atoms with Gasteiger partial charge in [0.2, 0.25) is 0 Å². The summed E-state index contributed by atoms with van der Waals surface area (Å²) in [6, 6.07) is 1.87. The Morgan fingerprint density at radius 1 is 1.45 bits per heavy atom. The number of amides is 1. The smallest absolute Gasteiger partial charge is 0.325 e. The predicted molar refractivity (Wildman–Crippen MR) is 73.3 cm³/mol. The maximum atomic E-state index is 12.7. The Kier molecular flexibility index (Phi) is 4.42. The van der Waals surface area contributed by atoms with Crippen LogP contribution in [-0.4, -0.2) is 46.3 Å². The normalized spacial score (nSPS) is 15.3. The van der Waals surface area contributed by atoms with E-state index in [2.05, 4.69) is 5.10 Å². The quantitative estimate of drug-likeness (QED) is 0.779. The fourth-order valence-corrected chi connectivity index (χ4v) is 2.74. The summed E-state index contributed by atoms with van der Waals surface area (Å²) < 4.78 is 6.27. The Balaban J connectivity index is 2.22. The zero-order valence-corrected chi connectivity index (χ0v) is 12.3. The number of aromatic nitrogens is 2. The molecular weight excluding hydrogens is 258 g/mol. The monoisotopic (exact) mass is 279 g/mol. The number of hydrogen-bond acceptors (Lipinski definition) is 4. The molecule has 110 valence electrons. The van der Waals surface area contributed by atoms with Crippen molar-refractivity contribution in [3.8, 4) is 0 Å². The Hall–Kier alpha value is -1.85. The molecule has 0 saturated heterocycles. The van der Waals surface area contributed by atoms with E-state index in [0.29, 0.717) is 5.69 Å². The number of carbonyl (C=O) groups excluding carboxylic acids is 2. The van der Waals surface area contributed by atoms with Crippen LogP contribution < -0.4 is 0 Å². The van der Waals surface area contributed by atoms with Crippen LogP contribution in [0.3, 0.4) is 0 Å². The first-order chi connectivity index (χ1) is 9.52. The number of nitrogens with zero attached hydrogens (tertiary/aromatic N) is 3. The van der Waals surface area contributed by atoms with Gasteiger partial charge in [-0.3, -0.25) is 14.3 Å². The van der Waals surface area contributed by atoms with Crippen LogP contribution in [0.25, 0.3) is 0 Å². The van der Waals surface area contributed by atoms with Crippen molar-refractivity contribution in [2.24, 2.45) is 7.05 Å². The Labute approximate surface area is 118 Å². The average Bonchev–Trinajstić information content (AvgIpc) is 3.04. The van der Waals surface area contributed by atoms with E-state index in [0.717, 1.165) is 31.4 Å². The number of rotatable bonds is 4. The molecule has 0 aliphatic heterocycles. The van der Waals surface area contributed by atoms with E-state index in [1.54, 1.807) is 22.7 Å². The van der Waals surface area contributed by atoms with Crippen molar-refractivity contribution >= 4 is 11.9 Å². The number of carbonyl (C=O) groups is 2. The van der Waals surface area contributed by atoms with E-state index in [1.807, 2.05) is 6.92 Å². The zero-order chi connectivity index (χ0) is 14.7. The zero-order valence-electron chi connectivity index (χ0n) is 12.3. The second-order valence-corrected chi connectivity index (χ2v) is 5.24. The van der Waals surface area contributed by atoms with Crippen LogP contribution in [0.4, 0.5) is 0 Å². The van der Waals surface area contributed by atoms with E-state index >= 15 is 0 Å². The van der Waals surface area contributed by atoms with Gasteiger partial charge in [-0.2, -0.15) is 5.10 Å². The van der Waals surface area contributed by atoms with Gasteiger partial charge in [-0.1, -0.05) is 12.8 Å². The fraction of sp³-hybridized carbons (Fsp3) is 0.643. The third-order valence-corrected chi connectivity index (χ3v) is 3.77. The lowest BCUT2D eigenvalue weighted by Gasteiger charge is -2.27. The second-order valence-electron chi connectivity index (χ2n) is 5.24. The highest BCUT2D eigenvalue weighted by molar-refractivity contribution is 5.94. The Bertz CT molecular complexity index is 504. The molecule has 6 heteroatoms. The summed E-state index contributed by atoms with van der Waals surface area (Å²) in [6.07, 6.45) is 4.08. The average molecular weight is 279 g/mol. The van der Waals surface area contributed by atoms with Gasteiger partial charge in [0, 0.05) is 13.1 Å². The molecule has 0 unspecified atom stereocenters. The minimum atomic E-state index is -0.385. The molecule has 1 heterocycles. The van der Waals surface area contributed by atoms with E-state index in [9.17, 15) is 9.59 Å². The van der Waals surface area contributed by atoms with Gasteiger partial charge in [0.1, 0.15) is 12.2 Å². The molecule has 0 atom stereocenters. The minimum absolute atomic E-state index is 0.00419. The van der Waals surface area contributed by atoms with E-state index in [-0.39, 0.29) is 24.5 Å². The molecule has 1 aromatic heterocycles. The first kappa shape index (κ1) is 14.6. The van der Waals surface area contributed by atoms with Crippen molar-refractivity contribution in [3.05, 3.63) is 17.5 Å². The molecule has 2 rings (SSSR count). The lowest BCUT2D eigenvalue weighted by Crippen LogP contribution is -2.43. The first-order valence-electron chi connectivity index (χ1n) is 6.91. The molecule has 0 aromatic carbocycles. The van der Waals surface area contributed by atoms with E-state index < -0.39 is 0 Å². The highest BCUT2D eigenvalue weighted by atomic mass is 16.5. The molecule has 0 bridgehead atoms. The Morgan fingerprint density at radius 2 is 2.10 bits per heavy atom. The summed E-state index contributed by atoms with van der Waals surface area (Å²) in [5, 5.41) is 4.19. The molecule has 1 aromatic rings. The van der Waals surface area contributed by atoms with Crippen LogP contribution in [0.1, 0.15) is 41.9 Å². The van der Waals surface area contributed by atoms with Gasteiger partial charge in [0.25, 0.3) is 5.91 Å². The van der Waals surface area contributed by atoms with Gasteiger partial charge in [0.05, 0.1) is 12.8 Å². The van der Waals surface area contributed by atoms with Gasteiger partial charge < -0.3 is 9.64 Å². The van der Waals surface area contributed by atoms with Gasteiger partial charge in [-0.05, 0) is 25.8 Å². The van der Waals surface area contributed by atoms with Crippen LogP contribution in [0.5, 0.6) is 0 Å². The molecule has 0 spiro atoms. The Morgan fingerprint density at radius 3 is 2.60 bits per heavy atom. The van der Waals surface area contributed by atoms with Crippen molar-refractivity contribution in [1.29, 1.82) is 0 Å². The highest BCUT2D eigenvalue weighted by Crippen LogP contribution is 2.25. The molecule has 20 heavy (non-hydrogen) atoms. The van der Waals surface area contributed by atoms with Gasteiger partial charge in [-0.15, -0.1) is 0 Å². The number of ether oxygens (including phenoxy) is 1. The second kappa shape index (κ2) is 6.07. The van der Waals surface area contributed by atoms with Crippen LogP contribution in [0.2, 0.25) is 0 Å². The molecule has 0 N–H and O–H groups in total. The number of methoxy groups -OCH3 is 1.